The van der Waals surface area contributed by atoms with Crippen LogP contribution in [0.1, 0.15) is 13.8 Å². The third-order valence-electron chi connectivity index (χ3n) is 0.860. The van der Waals surface area contributed by atoms with E-state index in [9.17, 15) is 0 Å². The Labute approximate surface area is 56.2 Å². The highest BCUT2D eigenvalue weighted by Gasteiger charge is 1.94. The van der Waals surface area contributed by atoms with Gasteiger partial charge in [-0.25, -0.2) is 0 Å². The summed E-state index contributed by atoms with van der Waals surface area (Å²) in [4.78, 5) is 4.04. The lowest BCUT2D eigenvalue weighted by atomic mass is 10.3. The van der Waals surface area contributed by atoms with Crippen molar-refractivity contribution in [1.82, 2.24) is 0 Å². The molecular formula is C7H13NO. The van der Waals surface area contributed by atoms with Gasteiger partial charge in [-0.05, 0) is 13.8 Å². The zero-order chi connectivity index (χ0) is 7.28. The van der Waals surface area contributed by atoms with Gasteiger partial charge in [0.25, 0.3) is 0 Å². The number of aliphatic imine (C=N–C) groups is 1. The molecule has 0 aliphatic carbocycles. The van der Waals surface area contributed by atoms with Crippen molar-refractivity contribution in [2.24, 2.45) is 4.99 Å². The lowest BCUT2D eigenvalue weighted by molar-refractivity contribution is 0.402. The van der Waals surface area contributed by atoms with Gasteiger partial charge in [0.2, 0.25) is 5.90 Å². The molecule has 0 aromatic rings. The average Bonchev–Trinajstić information content (AvgIpc) is 1.82. The molecule has 9 heavy (non-hydrogen) atoms. The summed E-state index contributed by atoms with van der Waals surface area (Å²) in [5.41, 5.74) is 0.874. The van der Waals surface area contributed by atoms with Crippen LogP contribution in [0.2, 0.25) is 0 Å². The summed E-state index contributed by atoms with van der Waals surface area (Å²) in [7, 11) is 1.60. The average molecular weight is 127 g/mol. The van der Waals surface area contributed by atoms with E-state index < -0.39 is 0 Å². The van der Waals surface area contributed by atoms with Crippen LogP contribution < -0.4 is 0 Å². The number of ether oxygens (including phenoxy) is 1. The number of hydrogen-bond donors (Lipinski definition) is 0. The van der Waals surface area contributed by atoms with E-state index in [0.29, 0.717) is 5.90 Å². The van der Waals surface area contributed by atoms with E-state index in [1.807, 2.05) is 13.8 Å². The molecule has 0 atom stereocenters. The van der Waals surface area contributed by atoms with E-state index in [2.05, 4.69) is 11.6 Å². The SMILES string of the molecule is C=C(C)C(=NCC)OC. The first-order chi connectivity index (χ1) is 4.22. The largest absolute Gasteiger partial charge is 0.481 e. The van der Waals surface area contributed by atoms with Crippen molar-refractivity contribution < 1.29 is 4.74 Å². The zero-order valence-electron chi connectivity index (χ0n) is 6.27. The molecule has 0 amide bonds. The summed E-state index contributed by atoms with van der Waals surface area (Å²) in [6.07, 6.45) is 0. The van der Waals surface area contributed by atoms with E-state index in [4.69, 9.17) is 4.74 Å². The Hall–Kier alpha value is -0.790. The van der Waals surface area contributed by atoms with Gasteiger partial charge in [-0.2, -0.15) is 0 Å². The summed E-state index contributed by atoms with van der Waals surface area (Å²) in [5, 5.41) is 0. The van der Waals surface area contributed by atoms with Crippen LogP contribution >= 0.6 is 0 Å². The number of methoxy groups -OCH3 is 1. The first-order valence-corrected chi connectivity index (χ1v) is 2.96. The Morgan fingerprint density at radius 2 is 2.22 bits per heavy atom. The first-order valence-electron chi connectivity index (χ1n) is 2.96. The van der Waals surface area contributed by atoms with Crippen LogP contribution in [-0.2, 0) is 4.74 Å². The normalized spacial score (nSPS) is 11.2. The van der Waals surface area contributed by atoms with Gasteiger partial charge in [-0.1, -0.05) is 6.58 Å². The molecule has 0 spiro atoms. The van der Waals surface area contributed by atoms with Crippen LogP contribution in [0.25, 0.3) is 0 Å². The first kappa shape index (κ1) is 8.21. The fourth-order valence-electron chi connectivity index (χ4n) is 0.517. The van der Waals surface area contributed by atoms with Crippen LogP contribution in [-0.4, -0.2) is 19.6 Å². The molecule has 0 heterocycles. The molecule has 0 aliphatic heterocycles. The fourth-order valence-corrected chi connectivity index (χ4v) is 0.517. The predicted molar refractivity (Wildman–Crippen MR) is 39.8 cm³/mol. The third-order valence-corrected chi connectivity index (χ3v) is 0.860. The van der Waals surface area contributed by atoms with Crippen LogP contribution in [0.3, 0.4) is 0 Å². The monoisotopic (exact) mass is 127 g/mol. The summed E-state index contributed by atoms with van der Waals surface area (Å²) in [6, 6.07) is 0. The molecule has 0 rings (SSSR count). The summed E-state index contributed by atoms with van der Waals surface area (Å²) < 4.78 is 4.90. The molecule has 52 valence electrons. The maximum absolute atomic E-state index is 4.90. The summed E-state index contributed by atoms with van der Waals surface area (Å²) >= 11 is 0. The Morgan fingerprint density at radius 1 is 1.67 bits per heavy atom. The summed E-state index contributed by atoms with van der Waals surface area (Å²) in [5.74, 6) is 0.650. The predicted octanol–water partition coefficient (Wildman–Crippen LogP) is 1.63. The Balaban J connectivity index is 3.98. The van der Waals surface area contributed by atoms with E-state index in [1.54, 1.807) is 7.11 Å². The molecule has 0 N–H and O–H groups in total. The second-order valence-corrected chi connectivity index (χ2v) is 1.76. The molecule has 0 aromatic heterocycles. The molecule has 0 saturated carbocycles. The Bertz CT molecular complexity index is 127. The molecule has 0 aliphatic rings. The molecule has 0 unspecified atom stereocenters. The topological polar surface area (TPSA) is 21.6 Å². The van der Waals surface area contributed by atoms with Crippen LogP contribution in [0.4, 0.5) is 0 Å². The third kappa shape index (κ3) is 2.90. The van der Waals surface area contributed by atoms with Crippen molar-refractivity contribution in [2.75, 3.05) is 13.7 Å². The van der Waals surface area contributed by atoms with Crippen molar-refractivity contribution in [3.63, 3.8) is 0 Å². The lowest BCUT2D eigenvalue weighted by Gasteiger charge is -2.00. The smallest absolute Gasteiger partial charge is 0.210 e. The van der Waals surface area contributed by atoms with Gasteiger partial charge < -0.3 is 4.74 Å². The maximum atomic E-state index is 4.90. The molecule has 2 heteroatoms. The van der Waals surface area contributed by atoms with Gasteiger partial charge in [0.15, 0.2) is 0 Å². The molecular weight excluding hydrogens is 114 g/mol. The van der Waals surface area contributed by atoms with E-state index >= 15 is 0 Å². The minimum absolute atomic E-state index is 0.650. The highest BCUT2D eigenvalue weighted by atomic mass is 16.5. The molecule has 0 bridgehead atoms. The van der Waals surface area contributed by atoms with Crippen molar-refractivity contribution in [2.45, 2.75) is 13.8 Å². The van der Waals surface area contributed by atoms with Crippen molar-refractivity contribution in [3.8, 4) is 0 Å². The number of rotatable bonds is 2. The van der Waals surface area contributed by atoms with E-state index in [1.165, 1.54) is 0 Å². The maximum Gasteiger partial charge on any atom is 0.210 e. The van der Waals surface area contributed by atoms with Gasteiger partial charge in [0.1, 0.15) is 0 Å². The molecule has 0 aromatic carbocycles. The molecule has 0 radical (unpaired) electrons. The van der Waals surface area contributed by atoms with Crippen LogP contribution in [0.5, 0.6) is 0 Å². The minimum atomic E-state index is 0.650. The van der Waals surface area contributed by atoms with Crippen LogP contribution in [0, 0.1) is 0 Å². The second kappa shape index (κ2) is 4.13. The van der Waals surface area contributed by atoms with Gasteiger partial charge in [0.05, 0.1) is 7.11 Å². The van der Waals surface area contributed by atoms with E-state index in [0.717, 1.165) is 12.1 Å². The molecule has 0 saturated heterocycles. The minimum Gasteiger partial charge on any atom is -0.481 e. The Morgan fingerprint density at radius 3 is 2.33 bits per heavy atom. The van der Waals surface area contributed by atoms with Crippen molar-refractivity contribution >= 4 is 5.90 Å². The summed E-state index contributed by atoms with van der Waals surface area (Å²) in [6.45, 7) is 8.27. The highest BCUT2D eigenvalue weighted by molar-refractivity contribution is 5.92. The lowest BCUT2D eigenvalue weighted by Crippen LogP contribution is -2.01. The van der Waals surface area contributed by atoms with Crippen molar-refractivity contribution in [1.29, 1.82) is 0 Å². The second-order valence-electron chi connectivity index (χ2n) is 1.76. The van der Waals surface area contributed by atoms with Gasteiger partial charge in [0, 0.05) is 12.1 Å². The quantitative estimate of drug-likeness (QED) is 0.408. The Kier molecular flexibility index (Phi) is 3.76. The van der Waals surface area contributed by atoms with Crippen molar-refractivity contribution in [3.05, 3.63) is 12.2 Å². The fraction of sp³-hybridized carbons (Fsp3) is 0.571. The number of hydrogen-bond acceptors (Lipinski definition) is 2. The van der Waals surface area contributed by atoms with Gasteiger partial charge >= 0.3 is 0 Å². The standard InChI is InChI=1S/C7H13NO/c1-5-8-7(9-4)6(2)3/h2,5H2,1,3-4H3. The number of nitrogens with zero attached hydrogens (tertiary/aromatic N) is 1. The molecule has 2 nitrogen and oxygen atoms in total. The van der Waals surface area contributed by atoms with Crippen LogP contribution in [0.15, 0.2) is 17.1 Å². The van der Waals surface area contributed by atoms with E-state index in [-0.39, 0.29) is 0 Å². The highest BCUT2D eigenvalue weighted by Crippen LogP contribution is 1.93. The zero-order valence-corrected chi connectivity index (χ0v) is 6.27. The molecule has 0 fully saturated rings. The van der Waals surface area contributed by atoms with Gasteiger partial charge in [-0.15, -0.1) is 0 Å². The van der Waals surface area contributed by atoms with Gasteiger partial charge in [-0.3, -0.25) is 4.99 Å².